The Morgan fingerprint density at radius 2 is 1.88 bits per heavy atom. The fourth-order valence-corrected chi connectivity index (χ4v) is 4.35. The fraction of sp³-hybridized carbons (Fsp3) is 0.250. The van der Waals surface area contributed by atoms with Crippen LogP contribution < -0.4 is 5.32 Å². The Hall–Kier alpha value is -3.76. The van der Waals surface area contributed by atoms with E-state index in [1.807, 2.05) is 23.1 Å². The number of nitrogens with one attached hydrogen (secondary N) is 1. The third kappa shape index (κ3) is 4.78. The van der Waals surface area contributed by atoms with Crippen molar-refractivity contribution in [2.45, 2.75) is 18.5 Å². The number of nitrogens with zero attached hydrogens (tertiary/aromatic N) is 2. The summed E-state index contributed by atoms with van der Waals surface area (Å²) in [5, 5.41) is 22.7. The number of furan rings is 1. The molecule has 176 valence electrons. The van der Waals surface area contributed by atoms with Gasteiger partial charge in [-0.15, -0.1) is 0 Å². The van der Waals surface area contributed by atoms with E-state index in [1.165, 1.54) is 12.1 Å². The van der Waals surface area contributed by atoms with Crippen LogP contribution >= 0.6 is 12.2 Å². The van der Waals surface area contributed by atoms with Crippen LogP contribution in [0.3, 0.4) is 0 Å². The number of rotatable bonds is 9. The Labute approximate surface area is 201 Å². The van der Waals surface area contributed by atoms with Crippen molar-refractivity contribution in [3.63, 3.8) is 0 Å². The molecule has 1 saturated heterocycles. The number of carboxylic acid groups (broad SMARTS) is 2. The topological polar surface area (TPSA) is 125 Å². The molecule has 9 nitrogen and oxygen atoms in total. The fourth-order valence-electron chi connectivity index (χ4n) is 4.02. The maximum absolute atomic E-state index is 11.5. The molecule has 2 aromatic heterocycles. The third-order valence-electron chi connectivity index (χ3n) is 5.57. The largest absolute Gasteiger partial charge is 0.478 e. The summed E-state index contributed by atoms with van der Waals surface area (Å²) in [6.45, 7) is 1.20. The minimum Gasteiger partial charge on any atom is -0.478 e. The van der Waals surface area contributed by atoms with E-state index < -0.39 is 11.9 Å². The van der Waals surface area contributed by atoms with Gasteiger partial charge in [-0.25, -0.2) is 9.59 Å². The summed E-state index contributed by atoms with van der Waals surface area (Å²) in [5.41, 5.74) is 0.883. The van der Waals surface area contributed by atoms with Gasteiger partial charge in [-0.1, -0.05) is 6.07 Å². The number of hydrogen-bond donors (Lipinski definition) is 3. The molecule has 0 amide bonds. The van der Waals surface area contributed by atoms with Crippen LogP contribution in [0.2, 0.25) is 0 Å². The van der Waals surface area contributed by atoms with Crippen LogP contribution in [0.5, 0.6) is 0 Å². The van der Waals surface area contributed by atoms with E-state index in [2.05, 4.69) is 10.3 Å². The number of carbonyl (C=O) groups is 2. The molecule has 0 radical (unpaired) electrons. The van der Waals surface area contributed by atoms with Gasteiger partial charge in [-0.2, -0.15) is 0 Å². The second-order valence-electron chi connectivity index (χ2n) is 7.78. The molecule has 2 atom stereocenters. The maximum Gasteiger partial charge on any atom is 0.335 e. The summed E-state index contributed by atoms with van der Waals surface area (Å²) in [5.74, 6) is -1.50. The van der Waals surface area contributed by atoms with Crippen molar-refractivity contribution in [1.82, 2.24) is 15.2 Å². The van der Waals surface area contributed by atoms with Crippen molar-refractivity contribution in [2.24, 2.45) is 0 Å². The second kappa shape index (κ2) is 10.0. The lowest BCUT2D eigenvalue weighted by molar-refractivity contribution is 0.0696. The average Bonchev–Trinajstić information content (AvgIpc) is 3.44. The molecule has 0 bridgehead atoms. The monoisotopic (exact) mass is 481 g/mol. The Kier molecular flexibility index (Phi) is 6.90. The summed E-state index contributed by atoms with van der Waals surface area (Å²) in [7, 11) is 1.64. The summed E-state index contributed by atoms with van der Waals surface area (Å²) in [6, 6.07) is 12.5. The van der Waals surface area contributed by atoms with Gasteiger partial charge in [0.15, 0.2) is 5.11 Å². The highest BCUT2D eigenvalue weighted by molar-refractivity contribution is 7.80. The highest BCUT2D eigenvalue weighted by Gasteiger charge is 2.41. The number of methoxy groups -OCH3 is 1. The first kappa shape index (κ1) is 23.4. The molecule has 3 heterocycles. The van der Waals surface area contributed by atoms with Crippen LogP contribution in [-0.4, -0.2) is 57.4 Å². The van der Waals surface area contributed by atoms with Crippen LogP contribution in [0.1, 0.15) is 50.7 Å². The number of ether oxygens (including phenoxy) is 1. The van der Waals surface area contributed by atoms with Crippen LogP contribution in [0.4, 0.5) is 0 Å². The van der Waals surface area contributed by atoms with Crippen molar-refractivity contribution in [2.75, 3.05) is 20.3 Å². The normalized spacial score (nSPS) is 17.6. The van der Waals surface area contributed by atoms with Crippen LogP contribution in [-0.2, 0) is 4.74 Å². The molecular weight excluding hydrogens is 458 g/mol. The highest BCUT2D eigenvalue weighted by Crippen LogP contribution is 2.40. The quantitative estimate of drug-likeness (QED) is 0.307. The number of carboxylic acids is 2. The minimum absolute atomic E-state index is 0.135. The summed E-state index contributed by atoms with van der Waals surface area (Å²) in [4.78, 5) is 29.5. The molecule has 1 aliphatic rings. The Bertz CT molecular complexity index is 1180. The number of benzene rings is 1. The molecule has 1 aliphatic heterocycles. The summed E-state index contributed by atoms with van der Waals surface area (Å²) < 4.78 is 11.4. The smallest absolute Gasteiger partial charge is 0.335 e. The number of pyridine rings is 1. The van der Waals surface area contributed by atoms with Gasteiger partial charge in [0.2, 0.25) is 0 Å². The molecule has 3 aromatic rings. The zero-order valence-electron chi connectivity index (χ0n) is 18.3. The summed E-state index contributed by atoms with van der Waals surface area (Å²) in [6.07, 6.45) is 2.46. The number of aromatic nitrogens is 1. The first-order chi connectivity index (χ1) is 16.4. The van der Waals surface area contributed by atoms with Gasteiger partial charge in [0.1, 0.15) is 17.6 Å². The van der Waals surface area contributed by atoms with Gasteiger partial charge in [-0.3, -0.25) is 4.98 Å². The lowest BCUT2D eigenvalue weighted by atomic mass is 10.0. The Balaban J connectivity index is 1.73. The predicted octanol–water partition coefficient (Wildman–Crippen LogP) is 3.75. The van der Waals surface area contributed by atoms with E-state index in [4.69, 9.17) is 21.4 Å². The van der Waals surface area contributed by atoms with Gasteiger partial charge >= 0.3 is 11.9 Å². The highest BCUT2D eigenvalue weighted by atomic mass is 32.1. The van der Waals surface area contributed by atoms with E-state index in [0.717, 1.165) is 18.2 Å². The lowest BCUT2D eigenvalue weighted by Crippen LogP contribution is -2.31. The maximum atomic E-state index is 11.5. The Morgan fingerprint density at radius 1 is 1.15 bits per heavy atom. The van der Waals surface area contributed by atoms with Gasteiger partial charge < -0.3 is 29.6 Å². The van der Waals surface area contributed by atoms with Gasteiger partial charge in [-0.05, 0) is 61.1 Å². The van der Waals surface area contributed by atoms with Crippen molar-refractivity contribution >= 4 is 29.3 Å². The van der Waals surface area contributed by atoms with Crippen LogP contribution in [0, 0.1) is 0 Å². The van der Waals surface area contributed by atoms with E-state index in [0.29, 0.717) is 35.3 Å². The van der Waals surface area contributed by atoms with Crippen molar-refractivity contribution < 1.29 is 29.0 Å². The predicted molar refractivity (Wildman–Crippen MR) is 127 cm³/mol. The SMILES string of the molecule is COCCCN1C(=S)N[C@@H](c2ccccn2)[C@@H]1c1ccc(-c2cc(C(=O)O)cc(C(=O)O)c2)o1. The van der Waals surface area contributed by atoms with Crippen LogP contribution in [0.15, 0.2) is 59.1 Å². The molecular formula is C24H23N3O6S. The van der Waals surface area contributed by atoms with E-state index in [1.54, 1.807) is 25.4 Å². The van der Waals surface area contributed by atoms with Crippen LogP contribution in [0.25, 0.3) is 11.3 Å². The molecule has 0 aliphatic carbocycles. The molecule has 1 aromatic carbocycles. The molecule has 0 spiro atoms. The molecule has 34 heavy (non-hydrogen) atoms. The Morgan fingerprint density at radius 3 is 2.50 bits per heavy atom. The lowest BCUT2D eigenvalue weighted by Gasteiger charge is -2.26. The standard InChI is InChI=1S/C24H23N3O6S/c1-32-10-4-9-27-21(20(26-24(27)34)17-5-2-3-8-25-17)19-7-6-18(33-19)14-11-15(22(28)29)13-16(12-14)23(30)31/h2-3,5-8,11-13,20-21H,4,9-10H2,1H3,(H,26,34)(H,28,29)(H,30,31)/t20-,21-/m0/s1. The van der Waals surface area contributed by atoms with E-state index >= 15 is 0 Å². The zero-order valence-corrected chi connectivity index (χ0v) is 19.1. The average molecular weight is 482 g/mol. The van der Waals surface area contributed by atoms with Gasteiger partial charge in [0, 0.05) is 32.0 Å². The number of thiocarbonyl (C=S) groups is 1. The number of hydrogen-bond acceptors (Lipinski definition) is 6. The van der Waals surface area contributed by atoms with E-state index in [9.17, 15) is 19.8 Å². The molecule has 10 heteroatoms. The third-order valence-corrected chi connectivity index (χ3v) is 5.93. The molecule has 1 fully saturated rings. The zero-order chi connectivity index (χ0) is 24.2. The van der Waals surface area contributed by atoms with Crippen molar-refractivity contribution in [3.05, 3.63) is 77.3 Å². The molecule has 0 saturated carbocycles. The minimum atomic E-state index is -1.22. The van der Waals surface area contributed by atoms with Gasteiger partial charge in [0.05, 0.1) is 22.9 Å². The molecule has 0 unspecified atom stereocenters. The van der Waals surface area contributed by atoms with Gasteiger partial charge in [0.25, 0.3) is 0 Å². The first-order valence-corrected chi connectivity index (χ1v) is 11.0. The molecule has 3 N–H and O–H groups in total. The van der Waals surface area contributed by atoms with E-state index in [-0.39, 0.29) is 23.2 Å². The second-order valence-corrected chi connectivity index (χ2v) is 8.16. The van der Waals surface area contributed by atoms with Crippen molar-refractivity contribution in [3.8, 4) is 11.3 Å². The summed E-state index contributed by atoms with van der Waals surface area (Å²) >= 11 is 5.61. The first-order valence-electron chi connectivity index (χ1n) is 10.6. The molecule has 4 rings (SSSR count). The number of aromatic carboxylic acids is 2. The van der Waals surface area contributed by atoms with Crippen molar-refractivity contribution in [1.29, 1.82) is 0 Å².